The van der Waals surface area contributed by atoms with E-state index in [4.69, 9.17) is 16.3 Å². The van der Waals surface area contributed by atoms with Gasteiger partial charge < -0.3 is 4.74 Å². The van der Waals surface area contributed by atoms with Crippen LogP contribution in [0.4, 0.5) is 5.69 Å². The van der Waals surface area contributed by atoms with Gasteiger partial charge in [-0.1, -0.05) is 60.1 Å². The fourth-order valence-electron chi connectivity index (χ4n) is 2.78. The maximum absolute atomic E-state index is 12.1. The van der Waals surface area contributed by atoms with Gasteiger partial charge in [-0.15, -0.1) is 0 Å². The van der Waals surface area contributed by atoms with Gasteiger partial charge in [-0.05, 0) is 35.9 Å². The number of carbonyl (C=O) groups is 1. The molecular weight excluding hydrogens is 360 g/mol. The number of hydrogen-bond donors (Lipinski definition) is 0. The maximum Gasteiger partial charge on any atom is 0.343 e. The molecule has 0 bridgehead atoms. The van der Waals surface area contributed by atoms with E-state index in [2.05, 4.69) is 9.98 Å². The average molecular weight is 375 g/mol. The molecule has 0 amide bonds. The molecule has 3 aromatic carbocycles. The number of nitrogens with zero attached hydrogens (tertiary/aromatic N) is 2. The quantitative estimate of drug-likeness (QED) is 0.472. The molecule has 1 atom stereocenters. The van der Waals surface area contributed by atoms with Crippen LogP contribution >= 0.6 is 11.6 Å². The van der Waals surface area contributed by atoms with Crippen molar-refractivity contribution in [1.82, 2.24) is 0 Å². The van der Waals surface area contributed by atoms with Crippen LogP contribution in [-0.2, 0) is 9.53 Å². The second-order valence-electron chi connectivity index (χ2n) is 5.97. The van der Waals surface area contributed by atoms with Gasteiger partial charge in [-0.25, -0.2) is 9.79 Å². The number of carbonyl (C=O) groups excluding carboxylic acids is 1. The minimum atomic E-state index is -0.764. The smallest absolute Gasteiger partial charge is 0.343 e. The lowest BCUT2D eigenvalue weighted by atomic mass is 10.0. The Bertz CT molecular complexity index is 1030. The van der Waals surface area contributed by atoms with Crippen molar-refractivity contribution in [2.45, 2.75) is 6.04 Å². The first-order chi connectivity index (χ1) is 13.2. The van der Waals surface area contributed by atoms with Crippen molar-refractivity contribution >= 4 is 35.4 Å². The fraction of sp³-hybridized carbons (Fsp3) is 0.0455. The summed E-state index contributed by atoms with van der Waals surface area (Å²) in [6.45, 7) is 0. The molecule has 4 nitrogen and oxygen atoms in total. The van der Waals surface area contributed by atoms with E-state index in [1.165, 1.54) is 6.21 Å². The third-order valence-electron chi connectivity index (χ3n) is 4.13. The van der Waals surface area contributed by atoms with Crippen LogP contribution < -0.4 is 0 Å². The van der Waals surface area contributed by atoms with E-state index in [-0.39, 0.29) is 5.90 Å². The van der Waals surface area contributed by atoms with Crippen molar-refractivity contribution < 1.29 is 9.53 Å². The Labute approximate surface area is 161 Å². The van der Waals surface area contributed by atoms with E-state index in [0.717, 1.165) is 16.8 Å². The summed E-state index contributed by atoms with van der Waals surface area (Å²) in [4.78, 5) is 21.0. The number of halogens is 1. The summed E-state index contributed by atoms with van der Waals surface area (Å²) in [6.07, 6.45) is 1.52. The van der Waals surface area contributed by atoms with Crippen LogP contribution in [0.25, 0.3) is 11.1 Å². The molecule has 0 saturated carbocycles. The third-order valence-corrected chi connectivity index (χ3v) is 4.38. The van der Waals surface area contributed by atoms with Crippen molar-refractivity contribution in [2.24, 2.45) is 9.98 Å². The van der Waals surface area contributed by atoms with Crippen LogP contribution in [0, 0.1) is 0 Å². The van der Waals surface area contributed by atoms with E-state index in [0.29, 0.717) is 10.6 Å². The summed E-state index contributed by atoms with van der Waals surface area (Å²) in [6, 6.07) is 24.0. The van der Waals surface area contributed by atoms with Gasteiger partial charge in [0, 0.05) is 22.4 Å². The molecule has 0 spiro atoms. The molecule has 1 unspecified atom stereocenters. The summed E-state index contributed by atoms with van der Waals surface area (Å²) < 4.78 is 5.28. The molecule has 0 radical (unpaired) electrons. The Morgan fingerprint density at radius 2 is 1.59 bits per heavy atom. The molecule has 0 aliphatic carbocycles. The molecule has 0 N–H and O–H groups in total. The zero-order valence-corrected chi connectivity index (χ0v) is 15.0. The molecule has 0 fully saturated rings. The van der Waals surface area contributed by atoms with Crippen molar-refractivity contribution in [2.75, 3.05) is 0 Å². The molecule has 1 heterocycles. The van der Waals surface area contributed by atoms with Crippen LogP contribution in [0.15, 0.2) is 88.8 Å². The second-order valence-corrected chi connectivity index (χ2v) is 6.40. The summed E-state index contributed by atoms with van der Waals surface area (Å²) >= 11 is 5.89. The summed E-state index contributed by atoms with van der Waals surface area (Å²) in [7, 11) is 0. The zero-order valence-electron chi connectivity index (χ0n) is 14.2. The van der Waals surface area contributed by atoms with E-state index >= 15 is 0 Å². The van der Waals surface area contributed by atoms with Crippen LogP contribution in [-0.4, -0.2) is 24.1 Å². The van der Waals surface area contributed by atoms with Gasteiger partial charge in [-0.3, -0.25) is 4.99 Å². The van der Waals surface area contributed by atoms with Crippen molar-refractivity contribution in [1.29, 1.82) is 0 Å². The van der Waals surface area contributed by atoms with Gasteiger partial charge in [-0.2, -0.15) is 0 Å². The first-order valence-corrected chi connectivity index (χ1v) is 8.82. The van der Waals surface area contributed by atoms with E-state index in [1.807, 2.05) is 54.6 Å². The number of esters is 1. The standard InChI is InChI=1S/C22H15ClN2O2/c23-17-12-10-16(11-13-17)21-25-20(22(26)27-21)14-24-19-9-5-4-8-18(19)15-6-2-1-3-7-15/h1-14,20H. The molecule has 1 aliphatic heterocycles. The highest BCUT2D eigenvalue weighted by molar-refractivity contribution is 6.30. The Balaban J connectivity index is 1.60. The molecule has 5 heteroatoms. The first kappa shape index (κ1) is 17.2. The zero-order chi connectivity index (χ0) is 18.6. The molecule has 3 aromatic rings. The molecule has 132 valence electrons. The lowest BCUT2D eigenvalue weighted by Gasteiger charge is -2.05. The predicted octanol–water partition coefficient (Wildman–Crippen LogP) is 5.08. The van der Waals surface area contributed by atoms with Gasteiger partial charge in [0.05, 0.1) is 5.69 Å². The van der Waals surface area contributed by atoms with Crippen molar-refractivity contribution in [3.05, 3.63) is 89.4 Å². The largest absolute Gasteiger partial charge is 0.405 e. The minimum absolute atomic E-state index is 0.282. The number of rotatable bonds is 4. The Morgan fingerprint density at radius 3 is 2.37 bits per heavy atom. The monoisotopic (exact) mass is 374 g/mol. The number of para-hydroxylation sites is 1. The molecule has 27 heavy (non-hydrogen) atoms. The van der Waals surface area contributed by atoms with Gasteiger partial charge in [0.1, 0.15) is 0 Å². The van der Waals surface area contributed by atoms with Gasteiger partial charge in [0.2, 0.25) is 5.90 Å². The molecule has 0 saturated heterocycles. The Hall–Kier alpha value is -3.24. The topological polar surface area (TPSA) is 51.0 Å². The summed E-state index contributed by atoms with van der Waals surface area (Å²) in [5.74, 6) is -0.162. The van der Waals surface area contributed by atoms with Crippen molar-refractivity contribution in [3.63, 3.8) is 0 Å². The fourth-order valence-corrected chi connectivity index (χ4v) is 2.91. The van der Waals surface area contributed by atoms with Crippen LogP contribution in [0.2, 0.25) is 5.02 Å². The van der Waals surface area contributed by atoms with Crippen LogP contribution in [0.1, 0.15) is 5.56 Å². The Morgan fingerprint density at radius 1 is 0.889 bits per heavy atom. The molecule has 4 rings (SSSR count). The predicted molar refractivity (Wildman–Crippen MR) is 108 cm³/mol. The lowest BCUT2D eigenvalue weighted by Crippen LogP contribution is -2.16. The third kappa shape index (κ3) is 3.81. The average Bonchev–Trinajstić information content (AvgIpc) is 3.08. The number of cyclic esters (lactones) is 1. The first-order valence-electron chi connectivity index (χ1n) is 8.45. The maximum atomic E-state index is 12.1. The molecular formula is C22H15ClN2O2. The highest BCUT2D eigenvalue weighted by Crippen LogP contribution is 2.29. The van der Waals surface area contributed by atoms with Crippen molar-refractivity contribution in [3.8, 4) is 11.1 Å². The molecule has 1 aliphatic rings. The SMILES string of the molecule is O=C1OC(c2ccc(Cl)cc2)=NC1C=Nc1ccccc1-c1ccccc1. The second kappa shape index (κ2) is 7.56. The number of hydrogen-bond acceptors (Lipinski definition) is 4. The number of ether oxygens (including phenoxy) is 1. The van der Waals surface area contributed by atoms with E-state index < -0.39 is 12.0 Å². The lowest BCUT2D eigenvalue weighted by molar-refractivity contribution is -0.133. The van der Waals surface area contributed by atoms with Crippen LogP contribution in [0.3, 0.4) is 0 Å². The Kier molecular flexibility index (Phi) is 4.81. The van der Waals surface area contributed by atoms with Crippen LogP contribution in [0.5, 0.6) is 0 Å². The highest BCUT2D eigenvalue weighted by Gasteiger charge is 2.28. The number of aliphatic imine (C=N–C) groups is 2. The number of benzene rings is 3. The van der Waals surface area contributed by atoms with Gasteiger partial charge in [0.15, 0.2) is 6.04 Å². The minimum Gasteiger partial charge on any atom is -0.405 e. The summed E-state index contributed by atoms with van der Waals surface area (Å²) in [5.41, 5.74) is 3.52. The molecule has 0 aromatic heterocycles. The highest BCUT2D eigenvalue weighted by atomic mass is 35.5. The van der Waals surface area contributed by atoms with Gasteiger partial charge in [0.25, 0.3) is 0 Å². The normalized spacial score (nSPS) is 16.4. The van der Waals surface area contributed by atoms with E-state index in [9.17, 15) is 4.79 Å². The van der Waals surface area contributed by atoms with E-state index in [1.54, 1.807) is 24.3 Å². The summed E-state index contributed by atoms with van der Waals surface area (Å²) in [5, 5.41) is 0.610. The van der Waals surface area contributed by atoms with Gasteiger partial charge >= 0.3 is 5.97 Å².